The van der Waals surface area contributed by atoms with Gasteiger partial charge in [0, 0.05) is 17.6 Å². The topological polar surface area (TPSA) is 117 Å². The summed E-state index contributed by atoms with van der Waals surface area (Å²) < 4.78 is 5.83. The van der Waals surface area contributed by atoms with E-state index in [-0.39, 0.29) is 23.8 Å². The molecular formula is C35H44N4O4S. The second kappa shape index (κ2) is 14.4. The van der Waals surface area contributed by atoms with Gasteiger partial charge in [-0.3, -0.25) is 14.9 Å². The molecule has 8 nitrogen and oxygen atoms in total. The first kappa shape index (κ1) is 31.0. The molecule has 7 atom stereocenters. The van der Waals surface area contributed by atoms with Crippen molar-refractivity contribution in [1.82, 2.24) is 15.5 Å². The minimum Gasteiger partial charge on any atom is -0.356 e. The van der Waals surface area contributed by atoms with Crippen LogP contribution in [0.1, 0.15) is 72.2 Å². The summed E-state index contributed by atoms with van der Waals surface area (Å²) in [6, 6.07) is 15.6. The quantitative estimate of drug-likeness (QED) is 0.210. The van der Waals surface area contributed by atoms with Crippen LogP contribution < -0.4 is 16.4 Å². The van der Waals surface area contributed by atoms with E-state index in [0.717, 1.165) is 32.1 Å². The minimum absolute atomic E-state index is 0.0114. The summed E-state index contributed by atoms with van der Waals surface area (Å²) in [5.41, 5.74) is 11.4. The number of nitrogens with two attached hydrogens (primary N) is 1. The third kappa shape index (κ3) is 6.82. The van der Waals surface area contributed by atoms with Crippen LogP contribution in [0.3, 0.4) is 0 Å². The standard InChI is InChI=1S/C35H44N4O4S/c36-30(34(41)39-22-44-21-32(39)33(40)38-31-18-9-11-23-10-1-2-12-24(23)31)17-7-8-19-37-35(42)43-20-29-27-15-5-3-13-25(27)26-14-4-6-16-28(26)29/h1-6,10,12-16,25,27,29-32,35,37,42H,7-9,11,17-22,36H2,(H,38,40)/t25?,27?,29?,30-,31+,32?,35?/m0/s1. The van der Waals surface area contributed by atoms with Gasteiger partial charge in [0.05, 0.1) is 24.6 Å². The zero-order valence-corrected chi connectivity index (χ0v) is 26.0. The van der Waals surface area contributed by atoms with E-state index in [1.54, 1.807) is 16.7 Å². The maximum atomic E-state index is 13.3. The first-order valence-electron chi connectivity index (χ1n) is 16.0. The number of carbonyl (C=O) groups is 2. The molecule has 1 aliphatic heterocycles. The summed E-state index contributed by atoms with van der Waals surface area (Å²) >= 11 is 1.59. The maximum Gasteiger partial charge on any atom is 0.244 e. The second-order valence-corrected chi connectivity index (χ2v) is 13.3. The Morgan fingerprint density at radius 1 is 1.05 bits per heavy atom. The van der Waals surface area contributed by atoms with Crippen molar-refractivity contribution in [2.75, 3.05) is 24.8 Å². The summed E-state index contributed by atoms with van der Waals surface area (Å²) in [7, 11) is 0. The van der Waals surface area contributed by atoms with E-state index in [0.29, 0.717) is 43.0 Å². The van der Waals surface area contributed by atoms with Gasteiger partial charge in [0.15, 0.2) is 0 Å². The van der Waals surface area contributed by atoms with E-state index in [4.69, 9.17) is 10.5 Å². The Morgan fingerprint density at radius 2 is 1.82 bits per heavy atom. The van der Waals surface area contributed by atoms with Crippen LogP contribution in [0.5, 0.6) is 0 Å². The molecule has 3 aliphatic carbocycles. The van der Waals surface area contributed by atoms with Crippen LogP contribution in [0, 0.1) is 5.92 Å². The molecule has 0 aromatic heterocycles. The van der Waals surface area contributed by atoms with Gasteiger partial charge in [-0.2, -0.15) is 0 Å². The molecule has 0 radical (unpaired) electrons. The van der Waals surface area contributed by atoms with E-state index >= 15 is 0 Å². The number of aliphatic hydroxyl groups excluding tert-OH is 1. The summed E-state index contributed by atoms with van der Waals surface area (Å²) in [5, 5.41) is 16.7. The second-order valence-electron chi connectivity index (χ2n) is 12.3. The van der Waals surface area contributed by atoms with Crippen LogP contribution >= 0.6 is 11.8 Å². The molecule has 5 N–H and O–H groups in total. The molecule has 2 aromatic carbocycles. The highest BCUT2D eigenvalue weighted by atomic mass is 32.2. The third-order valence-electron chi connectivity index (χ3n) is 9.56. The number of amides is 2. The van der Waals surface area contributed by atoms with Crippen molar-refractivity contribution in [3.63, 3.8) is 0 Å². The Labute approximate surface area is 264 Å². The van der Waals surface area contributed by atoms with Gasteiger partial charge in [0.1, 0.15) is 6.04 Å². The summed E-state index contributed by atoms with van der Waals surface area (Å²) in [5.74, 6) is 1.70. The minimum atomic E-state index is -1.06. The first-order valence-corrected chi connectivity index (χ1v) is 17.2. The molecule has 44 heavy (non-hydrogen) atoms. The van der Waals surface area contributed by atoms with Gasteiger partial charge in [0.25, 0.3) is 0 Å². The van der Waals surface area contributed by atoms with Crippen molar-refractivity contribution in [2.24, 2.45) is 11.7 Å². The number of unbranched alkanes of at least 4 members (excludes halogenated alkanes) is 1. The van der Waals surface area contributed by atoms with Crippen LogP contribution in [0.25, 0.3) is 0 Å². The number of carbonyl (C=O) groups excluding carboxylic acids is 2. The van der Waals surface area contributed by atoms with Gasteiger partial charge in [-0.15, -0.1) is 11.8 Å². The number of fused-ring (bicyclic) bond motifs is 4. The zero-order valence-electron chi connectivity index (χ0n) is 25.1. The number of thioether (sulfide) groups is 1. The molecule has 4 aliphatic rings. The van der Waals surface area contributed by atoms with Crippen molar-refractivity contribution in [1.29, 1.82) is 0 Å². The highest BCUT2D eigenvalue weighted by molar-refractivity contribution is 7.99. The van der Waals surface area contributed by atoms with Gasteiger partial charge in [0.2, 0.25) is 18.2 Å². The van der Waals surface area contributed by atoms with Crippen molar-refractivity contribution in [3.05, 3.63) is 95.1 Å². The molecule has 1 heterocycles. The molecule has 2 aromatic rings. The average molecular weight is 617 g/mol. The van der Waals surface area contributed by atoms with Gasteiger partial charge >= 0.3 is 0 Å². The summed E-state index contributed by atoms with van der Waals surface area (Å²) in [6.45, 7) is 0.977. The third-order valence-corrected chi connectivity index (χ3v) is 10.6. The molecule has 0 spiro atoms. The van der Waals surface area contributed by atoms with Crippen molar-refractivity contribution in [3.8, 4) is 0 Å². The highest BCUT2D eigenvalue weighted by Crippen LogP contribution is 2.49. The fourth-order valence-electron chi connectivity index (χ4n) is 7.23. The van der Waals surface area contributed by atoms with Crippen molar-refractivity contribution >= 4 is 23.6 Å². The predicted molar refractivity (Wildman–Crippen MR) is 174 cm³/mol. The summed E-state index contributed by atoms with van der Waals surface area (Å²) in [6.07, 6.45) is 12.6. The van der Waals surface area contributed by atoms with Gasteiger partial charge in [-0.1, -0.05) is 79.3 Å². The molecule has 2 amide bonds. The Kier molecular flexibility index (Phi) is 10.2. The number of aryl methyl sites for hydroxylation is 1. The SMILES string of the molecule is N[C@@H](CCCCNC(O)OCC1c2ccccc2C2C=CC=CC21)C(=O)N1CSCC1C(=O)N[C@@H]1CCCc2ccccc21. The lowest BCUT2D eigenvalue weighted by atomic mass is 9.84. The lowest BCUT2D eigenvalue weighted by molar-refractivity contribution is -0.139. The predicted octanol–water partition coefficient (Wildman–Crippen LogP) is 4.08. The largest absolute Gasteiger partial charge is 0.356 e. The molecule has 0 saturated carbocycles. The van der Waals surface area contributed by atoms with E-state index < -0.39 is 18.5 Å². The Balaban J connectivity index is 0.908. The van der Waals surface area contributed by atoms with E-state index in [9.17, 15) is 14.7 Å². The number of benzene rings is 2. The molecule has 1 saturated heterocycles. The summed E-state index contributed by atoms with van der Waals surface area (Å²) in [4.78, 5) is 28.2. The fraction of sp³-hybridized carbons (Fsp3) is 0.486. The molecule has 234 valence electrons. The monoisotopic (exact) mass is 616 g/mol. The number of nitrogens with zero attached hydrogens (tertiary/aromatic N) is 1. The van der Waals surface area contributed by atoms with Crippen LogP contribution in [0.2, 0.25) is 0 Å². The Hall–Kier alpha value is -2.95. The van der Waals surface area contributed by atoms with Crippen LogP contribution in [0.15, 0.2) is 72.8 Å². The lowest BCUT2D eigenvalue weighted by Gasteiger charge is -2.30. The van der Waals surface area contributed by atoms with Crippen LogP contribution in [-0.4, -0.2) is 65.1 Å². The first-order chi connectivity index (χ1) is 21.5. The average Bonchev–Trinajstić information content (AvgIpc) is 3.67. The van der Waals surface area contributed by atoms with E-state index in [2.05, 4.69) is 71.3 Å². The normalized spacial score (nSPS) is 26.5. The zero-order chi connectivity index (χ0) is 30.5. The van der Waals surface area contributed by atoms with Gasteiger partial charge in [-0.25, -0.2) is 0 Å². The number of ether oxygens (including phenoxy) is 1. The number of hydrogen-bond donors (Lipinski definition) is 4. The Bertz CT molecular complexity index is 1380. The number of hydrogen-bond acceptors (Lipinski definition) is 7. The smallest absolute Gasteiger partial charge is 0.244 e. The molecule has 0 bridgehead atoms. The number of aliphatic hydroxyl groups is 1. The number of nitrogens with one attached hydrogen (secondary N) is 2. The van der Waals surface area contributed by atoms with Gasteiger partial charge in [-0.05, 0) is 66.8 Å². The Morgan fingerprint density at radius 3 is 2.68 bits per heavy atom. The van der Waals surface area contributed by atoms with Crippen LogP contribution in [-0.2, 0) is 20.7 Å². The van der Waals surface area contributed by atoms with Gasteiger partial charge < -0.3 is 25.8 Å². The molecule has 6 rings (SSSR count). The maximum absolute atomic E-state index is 13.3. The molecule has 1 fully saturated rings. The number of allylic oxidation sites excluding steroid dienone is 4. The highest BCUT2D eigenvalue weighted by Gasteiger charge is 2.39. The van der Waals surface area contributed by atoms with E-state index in [1.807, 2.05) is 12.1 Å². The molecular weight excluding hydrogens is 572 g/mol. The van der Waals surface area contributed by atoms with Crippen molar-refractivity contribution in [2.45, 2.75) is 74.9 Å². The lowest BCUT2D eigenvalue weighted by Crippen LogP contribution is -2.52. The number of rotatable bonds is 12. The van der Waals surface area contributed by atoms with Crippen molar-refractivity contribution < 1.29 is 19.4 Å². The fourth-order valence-corrected chi connectivity index (χ4v) is 8.40. The van der Waals surface area contributed by atoms with Crippen LogP contribution in [0.4, 0.5) is 0 Å². The molecule has 9 heteroatoms. The van der Waals surface area contributed by atoms with E-state index in [1.165, 1.54) is 22.3 Å². The molecule has 5 unspecified atom stereocenters.